The monoisotopic (exact) mass is 392 g/mol. The molecule has 7 heteroatoms. The van der Waals surface area contributed by atoms with E-state index in [0.29, 0.717) is 17.7 Å². The van der Waals surface area contributed by atoms with Crippen LogP contribution in [0.15, 0.2) is 64.4 Å². The third-order valence-electron chi connectivity index (χ3n) is 4.50. The van der Waals surface area contributed by atoms with Crippen molar-refractivity contribution in [1.82, 2.24) is 20.5 Å². The Bertz CT molecular complexity index is 1100. The van der Waals surface area contributed by atoms with Gasteiger partial charge in [0.05, 0.1) is 5.75 Å². The molecule has 0 radical (unpaired) electrons. The summed E-state index contributed by atoms with van der Waals surface area (Å²) in [5, 5.41) is 12.6. The van der Waals surface area contributed by atoms with Crippen LogP contribution in [0.5, 0.6) is 0 Å². The fourth-order valence-electron chi connectivity index (χ4n) is 3.04. The van der Waals surface area contributed by atoms with E-state index < -0.39 is 0 Å². The molecule has 0 aliphatic carbocycles. The first-order valence-electron chi connectivity index (χ1n) is 9.05. The molecule has 0 unspecified atom stereocenters. The van der Waals surface area contributed by atoms with E-state index in [2.05, 4.69) is 26.6 Å². The number of fused-ring (bicyclic) bond motifs is 1. The number of hydrogen-bond donors (Lipinski definition) is 2. The first kappa shape index (κ1) is 18.3. The van der Waals surface area contributed by atoms with Crippen LogP contribution in [-0.2, 0) is 11.2 Å². The lowest BCUT2D eigenvalue weighted by Crippen LogP contribution is -2.27. The smallest absolute Gasteiger partial charge is 0.277 e. The van der Waals surface area contributed by atoms with E-state index in [4.69, 9.17) is 4.42 Å². The van der Waals surface area contributed by atoms with E-state index in [-0.39, 0.29) is 11.7 Å². The lowest BCUT2D eigenvalue weighted by molar-refractivity contribution is -0.118. The number of rotatable bonds is 7. The number of hydrogen-bond acceptors (Lipinski definition) is 5. The summed E-state index contributed by atoms with van der Waals surface area (Å²) in [5.74, 6) is 0.657. The van der Waals surface area contributed by atoms with E-state index in [1.54, 1.807) is 0 Å². The predicted molar refractivity (Wildman–Crippen MR) is 110 cm³/mol. The van der Waals surface area contributed by atoms with Crippen LogP contribution in [0.2, 0.25) is 0 Å². The van der Waals surface area contributed by atoms with Gasteiger partial charge in [-0.05, 0) is 36.6 Å². The van der Waals surface area contributed by atoms with Crippen LogP contribution in [0, 0.1) is 6.92 Å². The van der Waals surface area contributed by atoms with E-state index in [1.165, 1.54) is 22.7 Å². The zero-order valence-electron chi connectivity index (χ0n) is 15.4. The third-order valence-corrected chi connectivity index (χ3v) is 5.32. The second kappa shape index (κ2) is 8.31. The number of H-pyrrole nitrogens is 1. The highest BCUT2D eigenvalue weighted by molar-refractivity contribution is 7.99. The molecule has 6 nitrogen and oxygen atoms in total. The summed E-state index contributed by atoms with van der Waals surface area (Å²) in [6.07, 6.45) is 2.77. The average molecular weight is 392 g/mol. The molecule has 0 saturated heterocycles. The molecule has 142 valence electrons. The summed E-state index contributed by atoms with van der Waals surface area (Å²) >= 11 is 1.24. The minimum atomic E-state index is -0.0551. The Hall–Kier alpha value is -3.06. The Morgan fingerprint density at radius 2 is 1.96 bits per heavy atom. The topological polar surface area (TPSA) is 83.8 Å². The minimum Gasteiger partial charge on any atom is -0.411 e. The number of aryl methyl sites for hydroxylation is 1. The first-order chi connectivity index (χ1) is 13.7. The van der Waals surface area contributed by atoms with Gasteiger partial charge in [0.15, 0.2) is 0 Å². The molecule has 2 heterocycles. The molecule has 1 amide bonds. The lowest BCUT2D eigenvalue weighted by Gasteiger charge is -2.03. The van der Waals surface area contributed by atoms with Gasteiger partial charge in [-0.1, -0.05) is 48.2 Å². The summed E-state index contributed by atoms with van der Waals surface area (Å²) < 4.78 is 5.67. The lowest BCUT2D eigenvalue weighted by atomic mass is 10.1. The maximum absolute atomic E-state index is 12.1. The van der Waals surface area contributed by atoms with Crippen LogP contribution in [0.1, 0.15) is 11.1 Å². The van der Waals surface area contributed by atoms with Crippen molar-refractivity contribution in [3.63, 3.8) is 0 Å². The number of para-hydroxylation sites is 1. The van der Waals surface area contributed by atoms with E-state index in [0.717, 1.165) is 23.1 Å². The van der Waals surface area contributed by atoms with Crippen LogP contribution in [0.4, 0.5) is 0 Å². The summed E-state index contributed by atoms with van der Waals surface area (Å²) in [5.41, 5.74) is 4.28. The van der Waals surface area contributed by atoms with Gasteiger partial charge in [0.1, 0.15) is 0 Å². The van der Waals surface area contributed by atoms with Gasteiger partial charge in [0.2, 0.25) is 11.8 Å². The largest absolute Gasteiger partial charge is 0.411 e. The Morgan fingerprint density at radius 3 is 2.86 bits per heavy atom. The number of benzene rings is 2. The van der Waals surface area contributed by atoms with Gasteiger partial charge >= 0.3 is 0 Å². The van der Waals surface area contributed by atoms with Gasteiger partial charge in [-0.15, -0.1) is 10.2 Å². The highest BCUT2D eigenvalue weighted by atomic mass is 32.2. The molecule has 0 spiro atoms. The second-order valence-corrected chi connectivity index (χ2v) is 7.36. The van der Waals surface area contributed by atoms with Gasteiger partial charge in [-0.3, -0.25) is 4.79 Å². The average Bonchev–Trinajstić information content (AvgIpc) is 3.34. The molecule has 4 rings (SSSR count). The molecule has 0 saturated carbocycles. The molecule has 0 aliphatic rings. The van der Waals surface area contributed by atoms with Crippen LogP contribution in [-0.4, -0.2) is 33.4 Å². The molecular weight excluding hydrogens is 372 g/mol. The van der Waals surface area contributed by atoms with Crippen molar-refractivity contribution in [2.75, 3.05) is 12.3 Å². The highest BCUT2D eigenvalue weighted by Crippen LogP contribution is 2.25. The van der Waals surface area contributed by atoms with E-state index in [1.807, 2.05) is 55.6 Å². The van der Waals surface area contributed by atoms with Crippen molar-refractivity contribution >= 4 is 28.6 Å². The zero-order valence-corrected chi connectivity index (χ0v) is 16.3. The molecule has 4 aromatic rings. The number of carbonyl (C=O) groups is 1. The van der Waals surface area contributed by atoms with E-state index in [9.17, 15) is 4.79 Å². The molecule has 0 aliphatic heterocycles. The van der Waals surface area contributed by atoms with Crippen molar-refractivity contribution in [1.29, 1.82) is 0 Å². The standard InChI is InChI=1S/C21H20N4O2S/c1-14-6-2-3-7-16(14)20-24-25-21(27-20)28-13-19(26)22-11-10-15-12-23-18-9-5-4-8-17(15)18/h2-9,12,23H,10-11,13H2,1H3,(H,22,26). The molecule has 0 bridgehead atoms. The third kappa shape index (κ3) is 4.09. The number of carbonyl (C=O) groups excluding carboxylic acids is 1. The molecule has 2 N–H and O–H groups in total. The first-order valence-corrected chi connectivity index (χ1v) is 10.0. The van der Waals surface area contributed by atoms with Gasteiger partial charge in [-0.2, -0.15) is 0 Å². The zero-order chi connectivity index (χ0) is 19.3. The van der Waals surface area contributed by atoms with Crippen molar-refractivity contribution < 1.29 is 9.21 Å². The molecule has 0 atom stereocenters. The number of aromatic nitrogens is 3. The highest BCUT2D eigenvalue weighted by Gasteiger charge is 2.12. The van der Waals surface area contributed by atoms with E-state index >= 15 is 0 Å². The Balaban J connectivity index is 1.26. The number of nitrogens with one attached hydrogen (secondary N) is 2. The van der Waals surface area contributed by atoms with Crippen molar-refractivity contribution in [3.8, 4) is 11.5 Å². The second-order valence-electron chi connectivity index (χ2n) is 6.44. The normalized spacial score (nSPS) is 11.0. The quantitative estimate of drug-likeness (QED) is 0.465. The van der Waals surface area contributed by atoms with Crippen LogP contribution < -0.4 is 5.32 Å². The summed E-state index contributed by atoms with van der Waals surface area (Å²) in [7, 11) is 0. The Labute approximate surface area is 166 Å². The molecule has 0 fully saturated rings. The number of aromatic amines is 1. The summed E-state index contributed by atoms with van der Waals surface area (Å²) in [6.45, 7) is 2.58. The molecule has 2 aromatic heterocycles. The number of amides is 1. The Morgan fingerprint density at radius 1 is 1.14 bits per heavy atom. The number of thioether (sulfide) groups is 1. The number of nitrogens with zero attached hydrogens (tertiary/aromatic N) is 2. The van der Waals surface area contributed by atoms with Crippen LogP contribution in [0.25, 0.3) is 22.4 Å². The molecule has 2 aromatic carbocycles. The summed E-state index contributed by atoms with van der Waals surface area (Å²) in [6, 6.07) is 16.0. The molecular formula is C21H20N4O2S. The van der Waals surface area contributed by atoms with Crippen molar-refractivity contribution in [2.45, 2.75) is 18.6 Å². The maximum atomic E-state index is 12.1. The Kier molecular flexibility index (Phi) is 5.43. The fourth-order valence-corrected chi connectivity index (χ4v) is 3.64. The van der Waals surface area contributed by atoms with Gasteiger partial charge < -0.3 is 14.7 Å². The van der Waals surface area contributed by atoms with Gasteiger partial charge in [0.25, 0.3) is 5.22 Å². The van der Waals surface area contributed by atoms with Gasteiger partial charge in [-0.25, -0.2) is 0 Å². The van der Waals surface area contributed by atoms with Crippen molar-refractivity contribution in [2.24, 2.45) is 0 Å². The minimum absolute atomic E-state index is 0.0551. The SMILES string of the molecule is Cc1ccccc1-c1nnc(SCC(=O)NCCc2c[nH]c3ccccc23)o1. The van der Waals surface area contributed by atoms with Crippen LogP contribution in [0.3, 0.4) is 0 Å². The fraction of sp³-hybridized carbons (Fsp3) is 0.190. The van der Waals surface area contributed by atoms with Gasteiger partial charge in [0, 0.05) is 29.2 Å². The predicted octanol–water partition coefficient (Wildman–Crippen LogP) is 3.98. The summed E-state index contributed by atoms with van der Waals surface area (Å²) in [4.78, 5) is 15.4. The van der Waals surface area contributed by atoms with Crippen molar-refractivity contribution in [3.05, 3.63) is 65.9 Å². The maximum Gasteiger partial charge on any atom is 0.277 e. The molecule has 28 heavy (non-hydrogen) atoms. The van der Waals surface area contributed by atoms with Crippen LogP contribution >= 0.6 is 11.8 Å².